The third-order valence-electron chi connectivity index (χ3n) is 9.43. The Bertz CT molecular complexity index is 1180. The van der Waals surface area contributed by atoms with Crippen molar-refractivity contribution in [1.29, 1.82) is 0 Å². The molecule has 0 unspecified atom stereocenters. The minimum Gasteiger partial charge on any atom is -0.356 e. The van der Waals surface area contributed by atoms with Gasteiger partial charge in [-0.15, -0.1) is 0 Å². The van der Waals surface area contributed by atoms with E-state index in [1.807, 2.05) is 0 Å². The van der Waals surface area contributed by atoms with Crippen molar-refractivity contribution in [2.75, 3.05) is 20.6 Å². The molecule has 34 heavy (non-hydrogen) atoms. The van der Waals surface area contributed by atoms with Crippen LogP contribution in [0.1, 0.15) is 61.8 Å². The summed E-state index contributed by atoms with van der Waals surface area (Å²) >= 11 is 0. The van der Waals surface area contributed by atoms with Crippen molar-refractivity contribution in [3.63, 3.8) is 0 Å². The Morgan fingerprint density at radius 1 is 1.00 bits per heavy atom. The first-order valence-electron chi connectivity index (χ1n) is 13.2. The minimum absolute atomic E-state index is 0.126. The van der Waals surface area contributed by atoms with Crippen LogP contribution in [0.5, 0.6) is 0 Å². The summed E-state index contributed by atoms with van der Waals surface area (Å²) in [4.78, 5) is 22.4. The highest BCUT2D eigenvalue weighted by Crippen LogP contribution is 2.52. The Hall–Kier alpha value is -2.59. The average Bonchev–Trinajstić information content (AvgIpc) is 3.20. The number of fused-ring (bicyclic) bond motifs is 4. The molecule has 2 aromatic carbocycles. The molecular weight excluding hydrogens is 418 g/mol. The zero-order valence-electron chi connectivity index (χ0n) is 20.6. The number of benzene rings is 2. The predicted octanol–water partition coefficient (Wildman–Crippen LogP) is 5.67. The first-order valence-corrected chi connectivity index (χ1v) is 13.2. The maximum absolute atomic E-state index is 13.8. The fourth-order valence-electron chi connectivity index (χ4n) is 7.03. The number of para-hydroxylation sites is 1. The van der Waals surface area contributed by atoms with Crippen LogP contribution in [0.15, 0.2) is 54.6 Å². The highest BCUT2D eigenvalue weighted by Gasteiger charge is 2.53. The molecule has 2 saturated carbocycles. The van der Waals surface area contributed by atoms with Gasteiger partial charge in [0.05, 0.1) is 5.54 Å². The predicted molar refractivity (Wildman–Crippen MR) is 138 cm³/mol. The Balaban J connectivity index is 1.39. The number of hydrogen-bond donors (Lipinski definition) is 1. The van der Waals surface area contributed by atoms with Crippen molar-refractivity contribution in [3.05, 3.63) is 71.4 Å². The minimum atomic E-state index is -0.199. The van der Waals surface area contributed by atoms with E-state index >= 15 is 0 Å². The molecule has 6 rings (SSSR count). The molecule has 1 aliphatic heterocycles. The molecule has 178 valence electrons. The Labute approximate surface area is 203 Å². The van der Waals surface area contributed by atoms with E-state index in [-0.39, 0.29) is 17.0 Å². The van der Waals surface area contributed by atoms with Crippen LogP contribution in [0.25, 0.3) is 10.9 Å². The molecule has 1 N–H and O–H groups in total. The quantitative estimate of drug-likeness (QED) is 0.551. The summed E-state index contributed by atoms with van der Waals surface area (Å²) in [6.45, 7) is 0.859. The first kappa shape index (κ1) is 21.9. The average molecular weight is 456 g/mol. The molecule has 2 heterocycles. The monoisotopic (exact) mass is 455 g/mol. The van der Waals surface area contributed by atoms with Gasteiger partial charge in [0, 0.05) is 34.6 Å². The summed E-state index contributed by atoms with van der Waals surface area (Å²) in [5, 5.41) is 1.35. The molecule has 2 fully saturated rings. The van der Waals surface area contributed by atoms with E-state index in [0.29, 0.717) is 5.91 Å². The van der Waals surface area contributed by atoms with Gasteiger partial charge in [-0.3, -0.25) is 4.79 Å². The van der Waals surface area contributed by atoms with Crippen molar-refractivity contribution in [2.45, 2.75) is 68.9 Å². The number of H-pyrrole nitrogens is 1. The molecule has 1 aromatic heterocycles. The molecule has 1 spiro atoms. The second-order valence-corrected chi connectivity index (χ2v) is 11.2. The number of amides is 1. The normalized spacial score (nSPS) is 27.2. The van der Waals surface area contributed by atoms with E-state index in [1.54, 1.807) is 0 Å². The number of rotatable bonds is 4. The van der Waals surface area contributed by atoms with Gasteiger partial charge in [-0.25, -0.2) is 0 Å². The fraction of sp³-hybridized carbons (Fsp3) is 0.500. The lowest BCUT2D eigenvalue weighted by atomic mass is 9.65. The van der Waals surface area contributed by atoms with Crippen molar-refractivity contribution in [2.24, 2.45) is 5.92 Å². The molecular formula is C30H37N3O. The van der Waals surface area contributed by atoms with E-state index < -0.39 is 0 Å². The van der Waals surface area contributed by atoms with Gasteiger partial charge in [-0.05, 0) is 82.7 Å². The van der Waals surface area contributed by atoms with Gasteiger partial charge < -0.3 is 14.8 Å². The van der Waals surface area contributed by atoms with E-state index in [4.69, 9.17) is 0 Å². The van der Waals surface area contributed by atoms with Gasteiger partial charge in [0.2, 0.25) is 5.91 Å². The van der Waals surface area contributed by atoms with Crippen LogP contribution in [0.3, 0.4) is 0 Å². The Morgan fingerprint density at radius 2 is 1.71 bits per heavy atom. The lowest BCUT2D eigenvalue weighted by molar-refractivity contribution is -0.150. The molecule has 1 amide bonds. The molecule has 0 atom stereocenters. The fourth-order valence-corrected chi connectivity index (χ4v) is 7.03. The number of carbonyl (C=O) groups excluding carboxylic acids is 1. The van der Waals surface area contributed by atoms with Gasteiger partial charge in [-0.1, -0.05) is 55.0 Å². The topological polar surface area (TPSA) is 39.3 Å². The second kappa shape index (κ2) is 8.27. The highest BCUT2D eigenvalue weighted by molar-refractivity contribution is 5.87. The third-order valence-corrected chi connectivity index (χ3v) is 9.43. The lowest BCUT2D eigenvalue weighted by Crippen LogP contribution is -2.61. The van der Waals surface area contributed by atoms with Crippen LogP contribution in [0.2, 0.25) is 0 Å². The molecule has 4 nitrogen and oxygen atoms in total. The van der Waals surface area contributed by atoms with Crippen molar-refractivity contribution in [1.82, 2.24) is 14.8 Å². The van der Waals surface area contributed by atoms with Crippen LogP contribution < -0.4 is 0 Å². The molecule has 3 aliphatic rings. The van der Waals surface area contributed by atoms with Crippen molar-refractivity contribution >= 4 is 16.8 Å². The molecule has 3 aromatic rings. The van der Waals surface area contributed by atoms with Gasteiger partial charge >= 0.3 is 0 Å². The maximum atomic E-state index is 13.8. The number of nitrogens with zero attached hydrogens (tertiary/aromatic N) is 2. The summed E-state index contributed by atoms with van der Waals surface area (Å²) in [5.74, 6) is 0.656. The third kappa shape index (κ3) is 3.33. The Morgan fingerprint density at radius 3 is 2.38 bits per heavy atom. The molecule has 0 radical (unpaired) electrons. The number of carbonyl (C=O) groups is 1. The van der Waals surface area contributed by atoms with Crippen LogP contribution in [0.4, 0.5) is 0 Å². The zero-order chi connectivity index (χ0) is 23.3. The smallest absolute Gasteiger partial charge is 0.226 e. The lowest BCUT2D eigenvalue weighted by Gasteiger charge is -2.56. The van der Waals surface area contributed by atoms with Crippen LogP contribution in [-0.2, 0) is 23.2 Å². The van der Waals surface area contributed by atoms with Crippen molar-refractivity contribution in [3.8, 4) is 0 Å². The SMILES string of the molecule is CN(C)C1(Cc2ccccc2)CCC2(CC1)c1[nH]c3ccccc3c1CCN2C(=O)C1CCC1. The van der Waals surface area contributed by atoms with E-state index in [9.17, 15) is 4.79 Å². The van der Waals surface area contributed by atoms with E-state index in [1.165, 1.54) is 34.1 Å². The summed E-state index contributed by atoms with van der Waals surface area (Å²) in [6, 6.07) is 19.6. The van der Waals surface area contributed by atoms with Gasteiger partial charge in [-0.2, -0.15) is 0 Å². The molecule has 0 bridgehead atoms. The zero-order valence-corrected chi connectivity index (χ0v) is 20.6. The number of nitrogens with one attached hydrogen (secondary N) is 1. The van der Waals surface area contributed by atoms with E-state index in [0.717, 1.165) is 57.9 Å². The summed E-state index contributed by atoms with van der Waals surface area (Å²) in [6.07, 6.45) is 9.61. The van der Waals surface area contributed by atoms with Crippen LogP contribution in [-0.4, -0.2) is 46.9 Å². The van der Waals surface area contributed by atoms with Crippen molar-refractivity contribution < 1.29 is 4.79 Å². The number of hydrogen-bond acceptors (Lipinski definition) is 2. The second-order valence-electron chi connectivity index (χ2n) is 11.2. The van der Waals surface area contributed by atoms with Gasteiger partial charge in [0.15, 0.2) is 0 Å². The van der Waals surface area contributed by atoms with Gasteiger partial charge in [0.1, 0.15) is 0 Å². The number of aromatic amines is 1. The summed E-state index contributed by atoms with van der Waals surface area (Å²) in [5.41, 5.74) is 5.34. The summed E-state index contributed by atoms with van der Waals surface area (Å²) < 4.78 is 0. The number of aromatic nitrogens is 1. The maximum Gasteiger partial charge on any atom is 0.226 e. The Kier molecular flexibility index (Phi) is 5.33. The molecule has 2 aliphatic carbocycles. The molecule has 4 heteroatoms. The van der Waals surface area contributed by atoms with Crippen LogP contribution in [0, 0.1) is 5.92 Å². The standard InChI is InChI=1S/C30H37N3O/c1-32(2)29(21-22-9-4-3-5-10-22)16-18-30(19-17-29)27-25(24-13-6-7-14-26(24)31-27)15-20-33(30)28(34)23-11-8-12-23/h3-7,9-10,13-14,23,31H,8,11-12,15-21H2,1-2H3. The largest absolute Gasteiger partial charge is 0.356 e. The van der Waals surface area contributed by atoms with Gasteiger partial charge in [0.25, 0.3) is 0 Å². The number of likely N-dealkylation sites (N-methyl/N-ethyl adjacent to an activating group) is 1. The van der Waals surface area contributed by atoms with E-state index in [2.05, 4.69) is 83.5 Å². The highest BCUT2D eigenvalue weighted by atomic mass is 16.2. The molecule has 0 saturated heterocycles. The summed E-state index contributed by atoms with van der Waals surface area (Å²) in [7, 11) is 4.49. The first-order chi connectivity index (χ1) is 16.5. The van der Waals surface area contributed by atoms with Crippen LogP contribution >= 0.6 is 0 Å².